The zero-order valence-electron chi connectivity index (χ0n) is 20.8. The van der Waals surface area contributed by atoms with E-state index in [-0.39, 0.29) is 37.8 Å². The number of carbonyl (C=O) groups excluding carboxylic acids is 3. The van der Waals surface area contributed by atoms with Crippen LogP contribution in [0.25, 0.3) is 21.9 Å². The zero-order valence-corrected chi connectivity index (χ0v) is 20.8. The molecule has 0 saturated carbocycles. The highest BCUT2D eigenvalue weighted by molar-refractivity contribution is 5.97. The van der Waals surface area contributed by atoms with Crippen LogP contribution in [0, 0.1) is 13.8 Å². The molecule has 6 N–H and O–H groups in total. The molecule has 3 rings (SSSR count). The summed E-state index contributed by atoms with van der Waals surface area (Å²) in [7, 11) is 0. The smallest absolute Gasteiger partial charge is 0.340 e. The largest absolute Gasteiger partial charge is 0.480 e. The standard InChI is InChI=1S/C25H30N4O8/c1-4-17(22(31)29-18(23(32)33)6-5-7-27-25(26)35)28-21(30)9-16-13(3)15-8-14-12(2)11-36-19(14)10-20(15)37-24(16)34/h8,10-11,17-18H,4-7,9H2,1-3H3,(H,28,30)(H,29,31)(H,32,33)(H3,26,27,35)/t17?,18-/m1/s1. The molecule has 0 saturated heterocycles. The highest BCUT2D eigenvalue weighted by Crippen LogP contribution is 2.28. The van der Waals surface area contributed by atoms with Crippen LogP contribution in [0.5, 0.6) is 0 Å². The van der Waals surface area contributed by atoms with Crippen molar-refractivity contribution >= 4 is 45.8 Å². The van der Waals surface area contributed by atoms with Crippen LogP contribution in [0.3, 0.4) is 0 Å². The quantitative estimate of drug-likeness (QED) is 0.188. The summed E-state index contributed by atoms with van der Waals surface area (Å²) in [6, 6.07) is 0.516. The van der Waals surface area contributed by atoms with Crippen LogP contribution < -0.4 is 27.3 Å². The normalized spacial score (nSPS) is 12.7. The van der Waals surface area contributed by atoms with Gasteiger partial charge in [-0.1, -0.05) is 6.92 Å². The molecule has 0 aliphatic carbocycles. The minimum Gasteiger partial charge on any atom is -0.480 e. The number of nitrogens with two attached hydrogens (primary N) is 1. The van der Waals surface area contributed by atoms with Gasteiger partial charge in [-0.2, -0.15) is 0 Å². The molecule has 0 fully saturated rings. The Bertz CT molecular complexity index is 1410. The van der Waals surface area contributed by atoms with Gasteiger partial charge in [0.1, 0.15) is 23.2 Å². The van der Waals surface area contributed by atoms with Crippen molar-refractivity contribution in [1.82, 2.24) is 16.0 Å². The molecule has 0 radical (unpaired) electrons. The van der Waals surface area contributed by atoms with E-state index in [2.05, 4.69) is 16.0 Å². The molecule has 0 spiro atoms. The van der Waals surface area contributed by atoms with E-state index in [1.54, 1.807) is 26.2 Å². The second kappa shape index (κ2) is 11.6. The molecule has 3 aromatic rings. The van der Waals surface area contributed by atoms with Gasteiger partial charge in [-0.15, -0.1) is 0 Å². The molecular weight excluding hydrogens is 484 g/mol. The van der Waals surface area contributed by atoms with E-state index in [9.17, 15) is 29.1 Å². The summed E-state index contributed by atoms with van der Waals surface area (Å²) in [5.74, 6) is -2.51. The molecule has 37 heavy (non-hydrogen) atoms. The topological polar surface area (TPSA) is 194 Å². The number of aliphatic carboxylic acids is 1. The summed E-state index contributed by atoms with van der Waals surface area (Å²) >= 11 is 0. The highest BCUT2D eigenvalue weighted by atomic mass is 16.4. The van der Waals surface area contributed by atoms with Crippen LogP contribution in [0.4, 0.5) is 4.79 Å². The Morgan fingerprint density at radius 1 is 1.05 bits per heavy atom. The Morgan fingerprint density at radius 3 is 2.43 bits per heavy atom. The summed E-state index contributed by atoms with van der Waals surface area (Å²) in [6.45, 7) is 5.43. The number of hydrogen-bond donors (Lipinski definition) is 5. The van der Waals surface area contributed by atoms with Crippen LogP contribution >= 0.6 is 0 Å². The van der Waals surface area contributed by atoms with Crippen molar-refractivity contribution < 1.29 is 33.1 Å². The number of amides is 4. The van der Waals surface area contributed by atoms with E-state index >= 15 is 0 Å². The van der Waals surface area contributed by atoms with E-state index in [1.807, 2.05) is 13.0 Å². The number of primary amides is 1. The lowest BCUT2D eigenvalue weighted by molar-refractivity contribution is -0.142. The van der Waals surface area contributed by atoms with E-state index in [0.717, 1.165) is 10.9 Å². The van der Waals surface area contributed by atoms with Gasteiger partial charge >= 0.3 is 17.6 Å². The number of urea groups is 1. The lowest BCUT2D eigenvalue weighted by atomic mass is 10.0. The fraction of sp³-hybridized carbons (Fsp3) is 0.400. The third kappa shape index (κ3) is 6.46. The van der Waals surface area contributed by atoms with Gasteiger partial charge in [0.2, 0.25) is 11.8 Å². The molecule has 12 nitrogen and oxygen atoms in total. The van der Waals surface area contributed by atoms with Gasteiger partial charge in [-0.05, 0) is 50.3 Å². The lowest BCUT2D eigenvalue weighted by Gasteiger charge is -2.20. The highest BCUT2D eigenvalue weighted by Gasteiger charge is 2.26. The van der Waals surface area contributed by atoms with Gasteiger partial charge in [0.15, 0.2) is 0 Å². The summed E-state index contributed by atoms with van der Waals surface area (Å²) in [5.41, 5.74) is 6.88. The molecule has 2 aromatic heterocycles. The second-order valence-corrected chi connectivity index (χ2v) is 8.79. The van der Waals surface area contributed by atoms with Crippen molar-refractivity contribution in [3.05, 3.63) is 45.5 Å². The molecule has 2 heterocycles. The molecule has 12 heteroatoms. The van der Waals surface area contributed by atoms with Gasteiger partial charge < -0.3 is 35.6 Å². The first-order valence-corrected chi connectivity index (χ1v) is 11.8. The number of hydrogen-bond acceptors (Lipinski definition) is 7. The van der Waals surface area contributed by atoms with Crippen molar-refractivity contribution in [3.63, 3.8) is 0 Å². The number of aryl methyl sites for hydroxylation is 2. The molecule has 1 unspecified atom stereocenters. The SMILES string of the molecule is CCC(NC(=O)Cc1c(C)c2cc3c(C)coc3cc2oc1=O)C(=O)N[C@H](CCCNC(N)=O)C(=O)O. The molecular formula is C25H30N4O8. The first kappa shape index (κ1) is 27.2. The number of rotatable bonds is 11. The number of carboxylic acids is 1. The molecule has 198 valence electrons. The molecule has 4 amide bonds. The Balaban J connectivity index is 1.70. The van der Waals surface area contributed by atoms with Crippen molar-refractivity contribution in [3.8, 4) is 0 Å². The molecule has 0 aliphatic heterocycles. The van der Waals surface area contributed by atoms with E-state index in [1.165, 1.54) is 0 Å². The lowest BCUT2D eigenvalue weighted by Crippen LogP contribution is -2.51. The number of benzene rings is 1. The molecule has 2 atom stereocenters. The van der Waals surface area contributed by atoms with Crippen molar-refractivity contribution in [2.75, 3.05) is 6.54 Å². The maximum atomic E-state index is 12.8. The zero-order chi connectivity index (χ0) is 27.3. The summed E-state index contributed by atoms with van der Waals surface area (Å²) in [6.07, 6.45) is 1.79. The molecule has 0 aliphatic rings. The first-order valence-electron chi connectivity index (χ1n) is 11.8. The van der Waals surface area contributed by atoms with Crippen LogP contribution in [0.15, 0.2) is 32.0 Å². The number of nitrogens with one attached hydrogen (secondary N) is 3. The summed E-state index contributed by atoms with van der Waals surface area (Å²) < 4.78 is 10.9. The fourth-order valence-electron chi connectivity index (χ4n) is 4.05. The Hall–Kier alpha value is -4.35. The number of carbonyl (C=O) groups is 4. The Labute approximate surface area is 211 Å². The average Bonchev–Trinajstić information content (AvgIpc) is 3.20. The van der Waals surface area contributed by atoms with Crippen LogP contribution in [-0.4, -0.2) is 47.5 Å². The third-order valence-electron chi connectivity index (χ3n) is 6.16. The summed E-state index contributed by atoms with van der Waals surface area (Å²) in [5, 5.41) is 18.3. The van der Waals surface area contributed by atoms with Gasteiger partial charge in [-0.3, -0.25) is 9.59 Å². The molecule has 0 bridgehead atoms. The first-order chi connectivity index (χ1) is 17.5. The number of fused-ring (bicyclic) bond motifs is 2. The fourth-order valence-corrected chi connectivity index (χ4v) is 4.05. The summed E-state index contributed by atoms with van der Waals surface area (Å²) in [4.78, 5) is 60.4. The third-order valence-corrected chi connectivity index (χ3v) is 6.16. The molecule has 1 aromatic carbocycles. The van der Waals surface area contributed by atoms with Crippen molar-refractivity contribution in [1.29, 1.82) is 0 Å². The predicted molar refractivity (Wildman–Crippen MR) is 134 cm³/mol. The monoisotopic (exact) mass is 514 g/mol. The second-order valence-electron chi connectivity index (χ2n) is 8.79. The maximum absolute atomic E-state index is 12.8. The van der Waals surface area contributed by atoms with Gasteiger partial charge in [0.25, 0.3) is 0 Å². The van der Waals surface area contributed by atoms with Crippen molar-refractivity contribution in [2.24, 2.45) is 5.73 Å². The van der Waals surface area contributed by atoms with Gasteiger partial charge in [-0.25, -0.2) is 14.4 Å². The van der Waals surface area contributed by atoms with Crippen molar-refractivity contribution in [2.45, 2.75) is 58.5 Å². The number of furan rings is 1. The Kier molecular flexibility index (Phi) is 8.53. The Morgan fingerprint density at radius 2 is 1.78 bits per heavy atom. The van der Waals surface area contributed by atoms with E-state index in [0.29, 0.717) is 22.1 Å². The van der Waals surface area contributed by atoms with E-state index in [4.69, 9.17) is 14.6 Å². The minimum atomic E-state index is -1.25. The average molecular weight is 515 g/mol. The van der Waals surface area contributed by atoms with Gasteiger partial charge in [0, 0.05) is 23.4 Å². The maximum Gasteiger partial charge on any atom is 0.340 e. The predicted octanol–water partition coefficient (Wildman–Crippen LogP) is 1.61. The van der Waals surface area contributed by atoms with Gasteiger partial charge in [0.05, 0.1) is 18.2 Å². The number of carboxylic acid groups (broad SMARTS) is 1. The van der Waals surface area contributed by atoms with Crippen LogP contribution in [-0.2, 0) is 20.8 Å². The van der Waals surface area contributed by atoms with Crippen LogP contribution in [0.2, 0.25) is 0 Å². The van der Waals surface area contributed by atoms with Crippen LogP contribution in [0.1, 0.15) is 42.9 Å². The van der Waals surface area contributed by atoms with E-state index < -0.39 is 41.5 Å². The minimum absolute atomic E-state index is 0.0481.